The lowest BCUT2D eigenvalue weighted by Crippen LogP contribution is -2.45. The first-order chi connectivity index (χ1) is 9.15. The third-order valence-corrected chi connectivity index (χ3v) is 4.35. The topological polar surface area (TPSA) is 28.2 Å². The minimum Gasteiger partial charge on any atom is -0.314 e. The summed E-state index contributed by atoms with van der Waals surface area (Å²) < 4.78 is 0. The first-order valence-corrected chi connectivity index (χ1v) is 7.33. The molecule has 1 atom stereocenters. The van der Waals surface area contributed by atoms with Gasteiger partial charge in [-0.3, -0.25) is 4.90 Å². The highest BCUT2D eigenvalue weighted by Gasteiger charge is 2.26. The zero-order valence-corrected chi connectivity index (χ0v) is 12.8. The highest BCUT2D eigenvalue weighted by Crippen LogP contribution is 2.38. The van der Waals surface area contributed by atoms with E-state index >= 15 is 0 Å². The molecule has 1 aliphatic rings. The summed E-state index contributed by atoms with van der Waals surface area (Å²) in [5.41, 5.74) is 0.852. The van der Waals surface area contributed by atoms with Crippen LogP contribution in [0.5, 0.6) is 0 Å². The van der Waals surface area contributed by atoms with Crippen molar-refractivity contribution in [3.8, 4) is 0 Å². The Morgan fingerprint density at radius 3 is 2.68 bits per heavy atom. The Morgan fingerprint density at radius 1 is 1.37 bits per heavy atom. The summed E-state index contributed by atoms with van der Waals surface area (Å²) in [4.78, 5) is 6.32. The molecule has 3 nitrogen and oxygen atoms in total. The second-order valence-corrected chi connectivity index (χ2v) is 5.59. The molecule has 0 aliphatic carbocycles. The molecule has 0 aromatic carbocycles. The number of nitrogens with one attached hydrogen (secondary N) is 1. The Labute approximate surface area is 128 Å². The maximum Gasteiger partial charge on any atom is 0.148 e. The fourth-order valence-electron chi connectivity index (χ4n) is 2.36. The molecule has 6 heteroatoms. The van der Waals surface area contributed by atoms with Crippen LogP contribution in [0.25, 0.3) is 0 Å². The van der Waals surface area contributed by atoms with Crippen LogP contribution in [0, 0.1) is 0 Å². The minimum atomic E-state index is 0.0973. The zero-order chi connectivity index (χ0) is 13.8. The molecule has 1 N–H and O–H groups in total. The molecule has 1 aromatic heterocycles. The average Bonchev–Trinajstić information content (AvgIpc) is 2.43. The van der Waals surface area contributed by atoms with Crippen LogP contribution in [0.4, 0.5) is 0 Å². The second-order valence-electron chi connectivity index (χ2n) is 4.45. The van der Waals surface area contributed by atoms with Crippen molar-refractivity contribution in [2.24, 2.45) is 0 Å². The average molecular weight is 321 g/mol. The first kappa shape index (κ1) is 15.1. The number of rotatable bonds is 4. The van der Waals surface area contributed by atoms with Crippen LogP contribution in [0.3, 0.4) is 0 Å². The predicted octanol–water partition coefficient (Wildman–Crippen LogP) is 3.56. The SMILES string of the molecule is C=CC[C@@H](c1c(Cl)cnc(Cl)c1Cl)N1CCNCC1. The van der Waals surface area contributed by atoms with Gasteiger partial charge in [0.2, 0.25) is 0 Å². The molecule has 0 bridgehead atoms. The maximum atomic E-state index is 6.29. The van der Waals surface area contributed by atoms with E-state index in [4.69, 9.17) is 34.8 Å². The Kier molecular flexibility index (Phi) is 5.48. The summed E-state index contributed by atoms with van der Waals surface area (Å²) in [6.45, 7) is 7.64. The van der Waals surface area contributed by atoms with Gasteiger partial charge in [0.15, 0.2) is 0 Å². The van der Waals surface area contributed by atoms with Crippen LogP contribution in [-0.4, -0.2) is 36.1 Å². The van der Waals surface area contributed by atoms with Gasteiger partial charge in [0.05, 0.1) is 10.0 Å². The highest BCUT2D eigenvalue weighted by molar-refractivity contribution is 6.43. The summed E-state index contributed by atoms with van der Waals surface area (Å²) in [5, 5.41) is 4.63. The maximum absolute atomic E-state index is 6.29. The van der Waals surface area contributed by atoms with E-state index in [1.807, 2.05) is 6.08 Å². The molecule has 0 radical (unpaired) electrons. The van der Waals surface area contributed by atoms with Crippen molar-refractivity contribution in [2.45, 2.75) is 12.5 Å². The normalized spacial score (nSPS) is 18.3. The van der Waals surface area contributed by atoms with Crippen molar-refractivity contribution in [1.29, 1.82) is 0 Å². The van der Waals surface area contributed by atoms with Crippen molar-refractivity contribution < 1.29 is 0 Å². The summed E-state index contributed by atoms with van der Waals surface area (Å²) in [6, 6.07) is 0.0973. The quantitative estimate of drug-likeness (QED) is 0.679. The number of hydrogen-bond acceptors (Lipinski definition) is 3. The van der Waals surface area contributed by atoms with Crippen molar-refractivity contribution in [1.82, 2.24) is 15.2 Å². The van der Waals surface area contributed by atoms with Crippen molar-refractivity contribution >= 4 is 34.8 Å². The standard InChI is InChI=1S/C13H16Cl3N3/c1-2-3-10(19-6-4-17-5-7-19)11-9(14)8-18-13(16)12(11)15/h2,8,10,17H,1,3-7H2/t10-/m0/s1. The van der Waals surface area contributed by atoms with Gasteiger partial charge in [-0.2, -0.15) is 0 Å². The summed E-state index contributed by atoms with van der Waals surface area (Å²) in [6.07, 6.45) is 4.22. The van der Waals surface area contributed by atoms with Crippen LogP contribution in [0.2, 0.25) is 15.2 Å². The van der Waals surface area contributed by atoms with Gasteiger partial charge in [-0.15, -0.1) is 6.58 Å². The number of pyridine rings is 1. The van der Waals surface area contributed by atoms with E-state index in [2.05, 4.69) is 21.8 Å². The van der Waals surface area contributed by atoms with Gasteiger partial charge in [-0.05, 0) is 6.42 Å². The number of halogens is 3. The van der Waals surface area contributed by atoms with Gasteiger partial charge in [0.25, 0.3) is 0 Å². The van der Waals surface area contributed by atoms with E-state index in [9.17, 15) is 0 Å². The fourth-order valence-corrected chi connectivity index (χ4v) is 3.11. The molecule has 0 spiro atoms. The van der Waals surface area contributed by atoms with E-state index in [1.54, 1.807) is 6.20 Å². The van der Waals surface area contributed by atoms with Crippen molar-refractivity contribution in [3.63, 3.8) is 0 Å². The minimum absolute atomic E-state index is 0.0973. The van der Waals surface area contributed by atoms with Gasteiger partial charge >= 0.3 is 0 Å². The van der Waals surface area contributed by atoms with Gasteiger partial charge in [-0.1, -0.05) is 40.9 Å². The van der Waals surface area contributed by atoms with Crippen LogP contribution in [0.1, 0.15) is 18.0 Å². The smallest absolute Gasteiger partial charge is 0.148 e. The van der Waals surface area contributed by atoms with E-state index in [0.717, 1.165) is 38.2 Å². The number of nitrogens with zero attached hydrogens (tertiary/aromatic N) is 2. The van der Waals surface area contributed by atoms with Gasteiger partial charge in [-0.25, -0.2) is 4.98 Å². The van der Waals surface area contributed by atoms with Crippen molar-refractivity contribution in [3.05, 3.63) is 39.6 Å². The lowest BCUT2D eigenvalue weighted by atomic mass is 10.0. The summed E-state index contributed by atoms with van der Waals surface area (Å²) in [7, 11) is 0. The lowest BCUT2D eigenvalue weighted by Gasteiger charge is -2.35. The molecule has 1 saturated heterocycles. The Bertz CT molecular complexity index is 459. The predicted molar refractivity (Wildman–Crippen MR) is 81.3 cm³/mol. The van der Waals surface area contributed by atoms with Crippen molar-refractivity contribution in [2.75, 3.05) is 26.2 Å². The van der Waals surface area contributed by atoms with E-state index < -0.39 is 0 Å². The Hall–Kier alpha value is -0.320. The van der Waals surface area contributed by atoms with Crippen LogP contribution < -0.4 is 5.32 Å². The van der Waals surface area contributed by atoms with Gasteiger partial charge in [0, 0.05) is 44.0 Å². The highest BCUT2D eigenvalue weighted by atomic mass is 35.5. The van der Waals surface area contributed by atoms with Crippen LogP contribution >= 0.6 is 34.8 Å². The summed E-state index contributed by atoms with van der Waals surface area (Å²) >= 11 is 18.6. The third kappa shape index (κ3) is 3.41. The molecular formula is C13H16Cl3N3. The number of aromatic nitrogens is 1. The molecule has 2 rings (SSSR count). The largest absolute Gasteiger partial charge is 0.314 e. The Morgan fingerprint density at radius 2 is 2.05 bits per heavy atom. The fraction of sp³-hybridized carbons (Fsp3) is 0.462. The molecule has 0 unspecified atom stereocenters. The molecular weight excluding hydrogens is 305 g/mol. The van der Waals surface area contributed by atoms with Gasteiger partial charge in [0.1, 0.15) is 5.15 Å². The number of hydrogen-bond donors (Lipinski definition) is 1. The second kappa shape index (κ2) is 6.91. The summed E-state index contributed by atoms with van der Waals surface area (Å²) in [5.74, 6) is 0. The lowest BCUT2D eigenvalue weighted by molar-refractivity contribution is 0.174. The van der Waals surface area contributed by atoms with Crippen LogP contribution in [0.15, 0.2) is 18.9 Å². The zero-order valence-electron chi connectivity index (χ0n) is 10.5. The molecule has 1 aliphatic heterocycles. The third-order valence-electron chi connectivity index (χ3n) is 3.28. The molecule has 19 heavy (non-hydrogen) atoms. The van der Waals surface area contributed by atoms with Crippen LogP contribution in [-0.2, 0) is 0 Å². The molecule has 2 heterocycles. The number of piperazine rings is 1. The molecule has 104 valence electrons. The molecule has 0 saturated carbocycles. The van der Waals surface area contributed by atoms with Gasteiger partial charge < -0.3 is 5.32 Å². The molecule has 1 fully saturated rings. The first-order valence-electron chi connectivity index (χ1n) is 6.20. The monoisotopic (exact) mass is 319 g/mol. The van der Waals surface area contributed by atoms with E-state index in [1.165, 1.54) is 0 Å². The van der Waals surface area contributed by atoms with E-state index in [0.29, 0.717) is 15.2 Å². The Balaban J connectivity index is 2.37. The van der Waals surface area contributed by atoms with E-state index in [-0.39, 0.29) is 6.04 Å². The molecule has 0 amide bonds. The molecule has 1 aromatic rings.